The van der Waals surface area contributed by atoms with Crippen molar-refractivity contribution in [3.63, 3.8) is 0 Å². The summed E-state index contributed by atoms with van der Waals surface area (Å²) < 4.78 is 1.09. The topological polar surface area (TPSA) is 23.5 Å². The first-order chi connectivity index (χ1) is 7.59. The zero-order valence-electron chi connectivity index (χ0n) is 9.62. The zero-order valence-corrected chi connectivity index (χ0v) is 11.2. The molecule has 0 saturated carbocycles. The van der Waals surface area contributed by atoms with Gasteiger partial charge < -0.3 is 10.0 Å². The van der Waals surface area contributed by atoms with Crippen molar-refractivity contribution in [3.8, 4) is 0 Å². The van der Waals surface area contributed by atoms with Crippen LogP contribution in [0.2, 0.25) is 0 Å². The summed E-state index contributed by atoms with van der Waals surface area (Å²) >= 11 is 3.54. The van der Waals surface area contributed by atoms with Crippen molar-refractivity contribution < 1.29 is 5.11 Å². The Morgan fingerprint density at radius 3 is 2.88 bits per heavy atom. The summed E-state index contributed by atoms with van der Waals surface area (Å²) in [4.78, 5) is 2.21. The Bertz CT molecular complexity index is 369. The highest BCUT2D eigenvalue weighted by atomic mass is 79.9. The number of benzene rings is 1. The maximum atomic E-state index is 10.6. The second-order valence-corrected chi connectivity index (χ2v) is 5.69. The Kier molecular flexibility index (Phi) is 3.67. The van der Waals surface area contributed by atoms with Crippen molar-refractivity contribution in [2.75, 3.05) is 20.1 Å². The van der Waals surface area contributed by atoms with Gasteiger partial charge in [-0.3, -0.25) is 0 Å². The highest BCUT2D eigenvalue weighted by Crippen LogP contribution is 2.27. The highest BCUT2D eigenvalue weighted by Gasteiger charge is 2.32. The summed E-state index contributed by atoms with van der Waals surface area (Å²) in [5.74, 6) is 0. The van der Waals surface area contributed by atoms with Gasteiger partial charge in [-0.15, -0.1) is 0 Å². The minimum absolute atomic E-state index is 0.559. The van der Waals surface area contributed by atoms with Gasteiger partial charge in [-0.25, -0.2) is 0 Å². The molecule has 1 fully saturated rings. The summed E-state index contributed by atoms with van der Waals surface area (Å²) in [6, 6.07) is 8.14. The summed E-state index contributed by atoms with van der Waals surface area (Å²) in [6.45, 7) is 1.87. The van der Waals surface area contributed by atoms with E-state index >= 15 is 0 Å². The molecule has 0 aliphatic carbocycles. The Labute approximate surface area is 105 Å². The van der Waals surface area contributed by atoms with E-state index < -0.39 is 5.60 Å². The van der Waals surface area contributed by atoms with E-state index in [2.05, 4.69) is 33.9 Å². The van der Waals surface area contributed by atoms with Crippen molar-refractivity contribution in [2.24, 2.45) is 0 Å². The standard InChI is InChI=1S/C13H18BrNO/c1-15-8-4-7-13(16,10-15)9-11-5-2-3-6-12(11)14/h2-3,5-6,16H,4,7-10H2,1H3. The van der Waals surface area contributed by atoms with Crippen LogP contribution < -0.4 is 0 Å². The Hall–Kier alpha value is -0.380. The first kappa shape index (κ1) is 12.1. The molecule has 1 heterocycles. The van der Waals surface area contributed by atoms with Crippen LogP contribution in [-0.2, 0) is 6.42 Å². The molecule has 16 heavy (non-hydrogen) atoms. The van der Waals surface area contributed by atoms with Crippen LogP contribution in [-0.4, -0.2) is 35.7 Å². The van der Waals surface area contributed by atoms with Crippen LogP contribution in [0.4, 0.5) is 0 Å². The molecule has 1 atom stereocenters. The Balaban J connectivity index is 2.11. The molecule has 1 aromatic carbocycles. The summed E-state index contributed by atoms with van der Waals surface area (Å²) in [5, 5.41) is 10.6. The second kappa shape index (κ2) is 4.86. The van der Waals surface area contributed by atoms with Gasteiger partial charge in [0.25, 0.3) is 0 Å². The van der Waals surface area contributed by atoms with Crippen LogP contribution >= 0.6 is 15.9 Å². The monoisotopic (exact) mass is 283 g/mol. The third-order valence-corrected chi connectivity index (χ3v) is 4.00. The summed E-state index contributed by atoms with van der Waals surface area (Å²) in [6.07, 6.45) is 2.72. The van der Waals surface area contributed by atoms with E-state index in [1.807, 2.05) is 18.2 Å². The van der Waals surface area contributed by atoms with Crippen LogP contribution in [0.25, 0.3) is 0 Å². The fourth-order valence-electron chi connectivity index (χ4n) is 2.48. The minimum Gasteiger partial charge on any atom is -0.388 e. The number of nitrogens with zero attached hydrogens (tertiary/aromatic N) is 1. The molecule has 88 valence electrons. The van der Waals surface area contributed by atoms with Crippen LogP contribution in [0, 0.1) is 0 Å². The number of likely N-dealkylation sites (tertiary alicyclic amines) is 1. The molecule has 0 aromatic heterocycles. The van der Waals surface area contributed by atoms with Gasteiger partial charge in [0, 0.05) is 17.4 Å². The number of β-amino-alcohol motifs (C(OH)–C–C–N with tert-alkyl or cyclic N) is 1. The molecule has 0 bridgehead atoms. The van der Waals surface area contributed by atoms with E-state index in [4.69, 9.17) is 0 Å². The molecule has 0 spiro atoms. The zero-order chi connectivity index (χ0) is 11.6. The predicted octanol–water partition coefficient (Wildman–Crippen LogP) is 2.45. The van der Waals surface area contributed by atoms with Crippen molar-refractivity contribution in [3.05, 3.63) is 34.3 Å². The summed E-state index contributed by atoms with van der Waals surface area (Å²) in [5.41, 5.74) is 0.636. The van der Waals surface area contributed by atoms with Gasteiger partial charge in [-0.05, 0) is 38.1 Å². The van der Waals surface area contributed by atoms with Gasteiger partial charge in [0.15, 0.2) is 0 Å². The highest BCUT2D eigenvalue weighted by molar-refractivity contribution is 9.10. The maximum absolute atomic E-state index is 10.6. The molecule has 2 rings (SSSR count). The number of halogens is 1. The molecule has 1 unspecified atom stereocenters. The molecular formula is C13H18BrNO. The number of hydrogen-bond acceptors (Lipinski definition) is 2. The van der Waals surface area contributed by atoms with Gasteiger partial charge in [0.1, 0.15) is 0 Å². The minimum atomic E-state index is -0.559. The molecule has 0 radical (unpaired) electrons. The van der Waals surface area contributed by atoms with Gasteiger partial charge in [0.2, 0.25) is 0 Å². The normalized spacial score (nSPS) is 26.9. The van der Waals surface area contributed by atoms with Gasteiger partial charge in [-0.1, -0.05) is 34.1 Å². The van der Waals surface area contributed by atoms with E-state index in [0.717, 1.165) is 36.8 Å². The third-order valence-electron chi connectivity index (χ3n) is 3.22. The first-order valence-corrected chi connectivity index (χ1v) is 6.53. The Morgan fingerprint density at radius 1 is 1.44 bits per heavy atom. The van der Waals surface area contributed by atoms with E-state index in [1.165, 1.54) is 5.56 Å². The molecule has 1 aliphatic heterocycles. The van der Waals surface area contributed by atoms with Crippen molar-refractivity contribution >= 4 is 15.9 Å². The molecule has 1 N–H and O–H groups in total. The average Bonchev–Trinajstić information content (AvgIpc) is 2.21. The number of piperidine rings is 1. The number of likely N-dealkylation sites (N-methyl/N-ethyl adjacent to an activating group) is 1. The quantitative estimate of drug-likeness (QED) is 0.901. The molecule has 1 aliphatic rings. The maximum Gasteiger partial charge on any atom is 0.0814 e. The number of hydrogen-bond donors (Lipinski definition) is 1. The third kappa shape index (κ3) is 2.84. The van der Waals surface area contributed by atoms with Crippen molar-refractivity contribution in [1.82, 2.24) is 4.90 Å². The van der Waals surface area contributed by atoms with Gasteiger partial charge in [0.05, 0.1) is 5.60 Å². The SMILES string of the molecule is CN1CCCC(O)(Cc2ccccc2Br)C1. The van der Waals surface area contributed by atoms with Crippen LogP contribution in [0.1, 0.15) is 18.4 Å². The lowest BCUT2D eigenvalue weighted by atomic mass is 9.87. The predicted molar refractivity (Wildman–Crippen MR) is 69.5 cm³/mol. The number of aliphatic hydroxyl groups is 1. The molecular weight excluding hydrogens is 266 g/mol. The van der Waals surface area contributed by atoms with Crippen LogP contribution in [0.15, 0.2) is 28.7 Å². The van der Waals surface area contributed by atoms with E-state index in [9.17, 15) is 5.11 Å². The largest absolute Gasteiger partial charge is 0.388 e. The average molecular weight is 284 g/mol. The van der Waals surface area contributed by atoms with Crippen LogP contribution in [0.3, 0.4) is 0 Å². The Morgan fingerprint density at radius 2 is 2.19 bits per heavy atom. The molecule has 2 nitrogen and oxygen atoms in total. The van der Waals surface area contributed by atoms with E-state index in [-0.39, 0.29) is 0 Å². The fraction of sp³-hybridized carbons (Fsp3) is 0.538. The summed E-state index contributed by atoms with van der Waals surface area (Å²) in [7, 11) is 2.07. The fourth-order valence-corrected chi connectivity index (χ4v) is 2.90. The molecule has 1 aromatic rings. The number of rotatable bonds is 2. The smallest absolute Gasteiger partial charge is 0.0814 e. The molecule has 0 amide bonds. The van der Waals surface area contributed by atoms with Crippen molar-refractivity contribution in [2.45, 2.75) is 24.9 Å². The lowest BCUT2D eigenvalue weighted by Crippen LogP contribution is -2.47. The van der Waals surface area contributed by atoms with Crippen molar-refractivity contribution in [1.29, 1.82) is 0 Å². The molecule has 3 heteroatoms. The van der Waals surface area contributed by atoms with Crippen LogP contribution in [0.5, 0.6) is 0 Å². The van der Waals surface area contributed by atoms with Gasteiger partial charge in [-0.2, -0.15) is 0 Å². The lowest BCUT2D eigenvalue weighted by molar-refractivity contribution is -0.0225. The molecule has 1 saturated heterocycles. The lowest BCUT2D eigenvalue weighted by Gasteiger charge is -2.37. The second-order valence-electron chi connectivity index (χ2n) is 4.83. The van der Waals surface area contributed by atoms with Gasteiger partial charge >= 0.3 is 0 Å². The first-order valence-electron chi connectivity index (χ1n) is 5.73. The van der Waals surface area contributed by atoms with E-state index in [0.29, 0.717) is 0 Å². The van der Waals surface area contributed by atoms with E-state index in [1.54, 1.807) is 0 Å².